The molecule has 13 heteroatoms. The number of rotatable bonds is 12. The number of methoxy groups -OCH3 is 1. The zero-order valence-electron chi connectivity index (χ0n) is 24.8. The van der Waals surface area contributed by atoms with E-state index in [9.17, 15) is 8.42 Å². The summed E-state index contributed by atoms with van der Waals surface area (Å²) in [6, 6.07) is 4.57. The van der Waals surface area contributed by atoms with E-state index in [1.165, 1.54) is 16.4 Å². The van der Waals surface area contributed by atoms with Gasteiger partial charge in [0, 0.05) is 26.4 Å². The Morgan fingerprint density at radius 2 is 1.98 bits per heavy atom. The first-order valence-corrected chi connectivity index (χ1v) is 16.4. The van der Waals surface area contributed by atoms with Crippen LogP contribution in [0.15, 0.2) is 29.6 Å². The fraction of sp³-hybridized carbons (Fsp3) is 0.552. The number of piperidine rings is 1. The summed E-state index contributed by atoms with van der Waals surface area (Å²) in [6.07, 6.45) is 7.40. The Kier molecular flexibility index (Phi) is 9.26. The average Bonchev–Trinajstić information content (AvgIpc) is 3.66. The molecule has 2 unspecified atom stereocenters. The fourth-order valence-corrected chi connectivity index (χ4v) is 7.25. The number of anilines is 4. The SMILES string of the molecule is COCC1CC(c2cc(OC3CC3)c(Nc3ncc(Cl)c(Nc4cn(C)nc4S(=O)(=O)CC(C)C)n3)cc2C)CCN1. The molecule has 2 aliphatic rings. The molecule has 5 rings (SSSR count). The fourth-order valence-electron chi connectivity index (χ4n) is 5.39. The summed E-state index contributed by atoms with van der Waals surface area (Å²) in [5, 5.41) is 14.3. The van der Waals surface area contributed by atoms with Crippen molar-refractivity contribution < 1.29 is 17.9 Å². The normalized spacial score (nSPS) is 19.2. The largest absolute Gasteiger partial charge is 0.488 e. The molecule has 0 amide bonds. The first-order valence-electron chi connectivity index (χ1n) is 14.4. The van der Waals surface area contributed by atoms with Gasteiger partial charge in [-0.25, -0.2) is 13.4 Å². The molecule has 11 nitrogen and oxygen atoms in total. The Hall–Kier alpha value is -2.93. The molecule has 3 N–H and O–H groups in total. The lowest BCUT2D eigenvalue weighted by molar-refractivity contribution is 0.149. The summed E-state index contributed by atoms with van der Waals surface area (Å²) in [4.78, 5) is 8.98. The minimum absolute atomic E-state index is 0.0213. The van der Waals surface area contributed by atoms with Gasteiger partial charge in [-0.1, -0.05) is 25.4 Å². The number of nitrogens with one attached hydrogen (secondary N) is 3. The van der Waals surface area contributed by atoms with Crippen LogP contribution in [0.25, 0.3) is 0 Å². The van der Waals surface area contributed by atoms with Crippen LogP contribution in [-0.4, -0.2) is 66.3 Å². The van der Waals surface area contributed by atoms with E-state index in [4.69, 9.17) is 21.1 Å². The van der Waals surface area contributed by atoms with Gasteiger partial charge in [-0.15, -0.1) is 0 Å². The van der Waals surface area contributed by atoms with Crippen LogP contribution in [0.1, 0.15) is 56.6 Å². The van der Waals surface area contributed by atoms with Crippen molar-refractivity contribution in [1.29, 1.82) is 0 Å². The van der Waals surface area contributed by atoms with Gasteiger partial charge in [0.05, 0.1) is 36.0 Å². The van der Waals surface area contributed by atoms with E-state index in [2.05, 4.69) is 50.1 Å². The molecule has 42 heavy (non-hydrogen) atoms. The molecule has 0 bridgehead atoms. The van der Waals surface area contributed by atoms with Crippen LogP contribution in [-0.2, 0) is 21.6 Å². The lowest BCUT2D eigenvalue weighted by Crippen LogP contribution is -2.40. The first kappa shape index (κ1) is 30.5. The van der Waals surface area contributed by atoms with Crippen LogP contribution in [0.4, 0.5) is 23.1 Å². The predicted octanol–water partition coefficient (Wildman–Crippen LogP) is 5.11. The minimum Gasteiger partial charge on any atom is -0.488 e. The Balaban J connectivity index is 1.41. The van der Waals surface area contributed by atoms with E-state index < -0.39 is 9.84 Å². The Bertz CT molecular complexity index is 1520. The molecule has 2 fully saturated rings. The highest BCUT2D eigenvalue weighted by Crippen LogP contribution is 2.40. The summed E-state index contributed by atoms with van der Waals surface area (Å²) in [7, 11) is -0.213. The van der Waals surface area contributed by atoms with Crippen LogP contribution in [0, 0.1) is 12.8 Å². The zero-order valence-corrected chi connectivity index (χ0v) is 26.3. The summed E-state index contributed by atoms with van der Waals surface area (Å²) in [5.74, 6) is 1.67. The minimum atomic E-state index is -3.62. The van der Waals surface area contributed by atoms with Crippen LogP contribution >= 0.6 is 11.6 Å². The molecule has 3 aromatic rings. The molecule has 228 valence electrons. The number of aryl methyl sites for hydroxylation is 2. The van der Waals surface area contributed by atoms with Crippen molar-refractivity contribution in [3.05, 3.63) is 40.7 Å². The molecule has 1 aromatic carbocycles. The third kappa shape index (κ3) is 7.34. The number of halogens is 1. The monoisotopic (exact) mass is 617 g/mol. The second kappa shape index (κ2) is 12.7. The van der Waals surface area contributed by atoms with Crippen molar-refractivity contribution in [2.24, 2.45) is 13.0 Å². The van der Waals surface area contributed by atoms with Crippen LogP contribution in [0.3, 0.4) is 0 Å². The van der Waals surface area contributed by atoms with Gasteiger partial charge in [0.25, 0.3) is 0 Å². The molecule has 2 atom stereocenters. The van der Waals surface area contributed by atoms with E-state index >= 15 is 0 Å². The van der Waals surface area contributed by atoms with Gasteiger partial charge in [-0.05, 0) is 74.2 Å². The Morgan fingerprint density at radius 1 is 1.19 bits per heavy atom. The summed E-state index contributed by atoms with van der Waals surface area (Å²) >= 11 is 6.45. The highest BCUT2D eigenvalue weighted by Gasteiger charge is 2.29. The Morgan fingerprint density at radius 3 is 2.69 bits per heavy atom. The summed E-state index contributed by atoms with van der Waals surface area (Å²) < 4.78 is 39.2. The van der Waals surface area contributed by atoms with Crippen LogP contribution < -0.4 is 20.7 Å². The van der Waals surface area contributed by atoms with E-state index in [1.807, 2.05) is 13.8 Å². The van der Waals surface area contributed by atoms with E-state index in [-0.39, 0.29) is 33.6 Å². The number of hydrogen-bond acceptors (Lipinski definition) is 10. The standard InChI is InChI=1S/C29H40ClN7O4S/c1-17(2)16-42(38,39)28-25(14-37(4)36-28)33-27-23(30)13-32-29(35-27)34-24-10-18(3)22(12-26(24)41-21-6-7-21)19-8-9-31-20(11-19)15-40-5/h10,12-14,17,19-21,31H,6-9,11,15-16H2,1-5H3,(H2,32,33,34,35). The van der Waals surface area contributed by atoms with E-state index in [0.717, 1.165) is 49.2 Å². The van der Waals surface area contributed by atoms with E-state index in [0.29, 0.717) is 30.2 Å². The summed E-state index contributed by atoms with van der Waals surface area (Å²) in [6.45, 7) is 7.46. The van der Waals surface area contributed by atoms with Crippen LogP contribution in [0.5, 0.6) is 5.75 Å². The maximum Gasteiger partial charge on any atom is 0.229 e. The predicted molar refractivity (Wildman–Crippen MR) is 164 cm³/mol. The van der Waals surface area contributed by atoms with Gasteiger partial charge < -0.3 is 25.4 Å². The van der Waals surface area contributed by atoms with Crippen LogP contribution in [0.2, 0.25) is 5.02 Å². The quantitative estimate of drug-likeness (QED) is 0.252. The van der Waals surface area contributed by atoms with Gasteiger partial charge in [0.15, 0.2) is 15.7 Å². The van der Waals surface area contributed by atoms with Gasteiger partial charge in [0.2, 0.25) is 11.0 Å². The number of benzene rings is 1. The lowest BCUT2D eigenvalue weighted by Gasteiger charge is -2.31. The molecular formula is C29H40ClN7O4S. The molecule has 1 saturated heterocycles. The van der Waals surface area contributed by atoms with Crippen molar-refractivity contribution in [2.75, 3.05) is 36.6 Å². The molecule has 1 aliphatic heterocycles. The number of ether oxygens (including phenoxy) is 2. The number of sulfone groups is 1. The maximum atomic E-state index is 13.0. The first-order chi connectivity index (χ1) is 20.0. The van der Waals surface area contributed by atoms with Gasteiger partial charge in [0.1, 0.15) is 10.8 Å². The maximum absolute atomic E-state index is 13.0. The molecular weight excluding hydrogens is 578 g/mol. The molecule has 0 spiro atoms. The van der Waals surface area contributed by atoms with Crippen molar-refractivity contribution in [3.63, 3.8) is 0 Å². The lowest BCUT2D eigenvalue weighted by atomic mass is 9.84. The Labute approximate surface area is 252 Å². The molecule has 3 heterocycles. The van der Waals surface area contributed by atoms with Crippen molar-refractivity contribution in [3.8, 4) is 5.75 Å². The van der Waals surface area contributed by atoms with Crippen molar-refractivity contribution in [2.45, 2.75) is 69.5 Å². The smallest absolute Gasteiger partial charge is 0.229 e. The van der Waals surface area contributed by atoms with Gasteiger partial charge in [-0.2, -0.15) is 10.1 Å². The molecule has 2 aromatic heterocycles. The zero-order chi connectivity index (χ0) is 30.0. The van der Waals surface area contributed by atoms with Crippen molar-refractivity contribution in [1.82, 2.24) is 25.1 Å². The molecule has 0 radical (unpaired) electrons. The van der Waals surface area contributed by atoms with Gasteiger partial charge >= 0.3 is 0 Å². The number of aromatic nitrogens is 4. The van der Waals surface area contributed by atoms with Crippen molar-refractivity contribution >= 4 is 44.6 Å². The highest BCUT2D eigenvalue weighted by molar-refractivity contribution is 7.91. The highest BCUT2D eigenvalue weighted by atomic mass is 35.5. The second-order valence-electron chi connectivity index (χ2n) is 11.7. The topological polar surface area (TPSA) is 132 Å². The third-order valence-corrected chi connectivity index (χ3v) is 9.65. The third-order valence-electron chi connectivity index (χ3n) is 7.37. The van der Waals surface area contributed by atoms with Gasteiger partial charge in [-0.3, -0.25) is 4.68 Å². The second-order valence-corrected chi connectivity index (χ2v) is 14.0. The molecule has 1 aliphatic carbocycles. The number of nitrogens with zero attached hydrogens (tertiary/aromatic N) is 4. The average molecular weight is 618 g/mol. The van der Waals surface area contributed by atoms with E-state index in [1.54, 1.807) is 20.4 Å². The number of hydrogen-bond donors (Lipinski definition) is 3. The summed E-state index contributed by atoms with van der Waals surface area (Å²) in [5.41, 5.74) is 3.51. The molecule has 1 saturated carbocycles.